The average Bonchev–Trinajstić information content (AvgIpc) is 2.23. The van der Waals surface area contributed by atoms with Crippen LogP contribution in [0.3, 0.4) is 0 Å². The molecule has 4 heteroatoms. The SMILES string of the molecule is CC(CO)(CO)Cc1c(F)cccc1F. The van der Waals surface area contributed by atoms with Gasteiger partial charge < -0.3 is 10.2 Å². The highest BCUT2D eigenvalue weighted by Gasteiger charge is 2.26. The van der Waals surface area contributed by atoms with Crippen LogP contribution in [0, 0.1) is 17.0 Å². The molecule has 0 atom stereocenters. The molecule has 0 bridgehead atoms. The van der Waals surface area contributed by atoms with Gasteiger partial charge in [-0.15, -0.1) is 0 Å². The van der Waals surface area contributed by atoms with Gasteiger partial charge in [-0.1, -0.05) is 13.0 Å². The van der Waals surface area contributed by atoms with Crippen LogP contribution in [-0.2, 0) is 6.42 Å². The van der Waals surface area contributed by atoms with Crippen molar-refractivity contribution in [2.24, 2.45) is 5.41 Å². The molecular formula is C11H14F2O2. The molecule has 1 aromatic rings. The first-order chi connectivity index (χ1) is 7.02. The summed E-state index contributed by atoms with van der Waals surface area (Å²) in [5, 5.41) is 18.0. The van der Waals surface area contributed by atoms with E-state index in [0.717, 1.165) is 12.1 Å². The maximum absolute atomic E-state index is 13.3. The number of hydrogen-bond acceptors (Lipinski definition) is 2. The monoisotopic (exact) mass is 216 g/mol. The van der Waals surface area contributed by atoms with Gasteiger partial charge in [0, 0.05) is 11.0 Å². The predicted molar refractivity (Wildman–Crippen MR) is 52.3 cm³/mol. The third-order valence-electron chi connectivity index (χ3n) is 2.43. The number of benzene rings is 1. The Labute approximate surface area is 87.2 Å². The fourth-order valence-electron chi connectivity index (χ4n) is 1.29. The van der Waals surface area contributed by atoms with Crippen LogP contribution in [0.5, 0.6) is 0 Å². The van der Waals surface area contributed by atoms with E-state index in [9.17, 15) is 8.78 Å². The van der Waals surface area contributed by atoms with E-state index in [4.69, 9.17) is 10.2 Å². The van der Waals surface area contributed by atoms with E-state index < -0.39 is 17.0 Å². The van der Waals surface area contributed by atoms with Crippen LogP contribution in [0.25, 0.3) is 0 Å². The second-order valence-electron chi connectivity index (χ2n) is 4.00. The zero-order valence-electron chi connectivity index (χ0n) is 8.50. The molecule has 0 heterocycles. The van der Waals surface area contributed by atoms with E-state index in [0.29, 0.717) is 0 Å². The standard InChI is InChI=1S/C11H14F2O2/c1-11(6-14,7-15)5-8-9(12)3-2-4-10(8)13/h2-4,14-15H,5-7H2,1H3. The fraction of sp³-hybridized carbons (Fsp3) is 0.455. The molecule has 0 fully saturated rings. The first kappa shape index (κ1) is 12.1. The zero-order valence-corrected chi connectivity index (χ0v) is 8.50. The lowest BCUT2D eigenvalue weighted by molar-refractivity contribution is 0.0690. The normalized spacial score (nSPS) is 11.8. The second-order valence-corrected chi connectivity index (χ2v) is 4.00. The summed E-state index contributed by atoms with van der Waals surface area (Å²) in [5.74, 6) is -1.30. The van der Waals surface area contributed by atoms with Crippen LogP contribution >= 0.6 is 0 Å². The topological polar surface area (TPSA) is 40.5 Å². The van der Waals surface area contributed by atoms with Crippen molar-refractivity contribution >= 4 is 0 Å². The molecule has 2 N–H and O–H groups in total. The molecule has 15 heavy (non-hydrogen) atoms. The summed E-state index contributed by atoms with van der Waals surface area (Å²) in [4.78, 5) is 0. The van der Waals surface area contributed by atoms with Crippen molar-refractivity contribution in [2.45, 2.75) is 13.3 Å². The molecule has 0 aliphatic heterocycles. The van der Waals surface area contributed by atoms with Gasteiger partial charge in [0.15, 0.2) is 0 Å². The number of aliphatic hydroxyl groups is 2. The summed E-state index contributed by atoms with van der Waals surface area (Å²) in [6, 6.07) is 3.60. The van der Waals surface area contributed by atoms with Crippen molar-refractivity contribution in [3.63, 3.8) is 0 Å². The van der Waals surface area contributed by atoms with Crippen LogP contribution < -0.4 is 0 Å². The van der Waals surface area contributed by atoms with Crippen molar-refractivity contribution in [3.05, 3.63) is 35.4 Å². The molecule has 0 aliphatic rings. The Morgan fingerprint density at radius 1 is 1.13 bits per heavy atom. The van der Waals surface area contributed by atoms with Gasteiger partial charge in [-0.3, -0.25) is 0 Å². The molecule has 0 radical (unpaired) electrons. The molecule has 0 aromatic heterocycles. The molecule has 0 saturated heterocycles. The molecule has 0 amide bonds. The van der Waals surface area contributed by atoms with Crippen molar-refractivity contribution in [1.82, 2.24) is 0 Å². The smallest absolute Gasteiger partial charge is 0.129 e. The Morgan fingerprint density at radius 2 is 1.60 bits per heavy atom. The van der Waals surface area contributed by atoms with Crippen LogP contribution in [-0.4, -0.2) is 23.4 Å². The largest absolute Gasteiger partial charge is 0.396 e. The zero-order chi connectivity index (χ0) is 11.5. The predicted octanol–water partition coefficient (Wildman–Crippen LogP) is 1.50. The van der Waals surface area contributed by atoms with Crippen LogP contribution in [0.4, 0.5) is 8.78 Å². The first-order valence-corrected chi connectivity index (χ1v) is 4.67. The van der Waals surface area contributed by atoms with Gasteiger partial charge >= 0.3 is 0 Å². The summed E-state index contributed by atoms with van der Waals surface area (Å²) < 4.78 is 26.5. The fourth-order valence-corrected chi connectivity index (χ4v) is 1.29. The van der Waals surface area contributed by atoms with Gasteiger partial charge in [-0.25, -0.2) is 8.78 Å². The molecular weight excluding hydrogens is 202 g/mol. The van der Waals surface area contributed by atoms with E-state index in [1.807, 2.05) is 0 Å². The minimum absolute atomic E-state index is 0.0293. The quantitative estimate of drug-likeness (QED) is 0.800. The second kappa shape index (κ2) is 4.68. The van der Waals surface area contributed by atoms with E-state index in [2.05, 4.69) is 0 Å². The van der Waals surface area contributed by atoms with Gasteiger partial charge in [-0.05, 0) is 18.6 Å². The van der Waals surface area contributed by atoms with Crippen molar-refractivity contribution in [2.75, 3.05) is 13.2 Å². The molecule has 2 nitrogen and oxygen atoms in total. The molecule has 84 valence electrons. The first-order valence-electron chi connectivity index (χ1n) is 4.67. The van der Waals surface area contributed by atoms with Crippen LogP contribution in [0.1, 0.15) is 12.5 Å². The molecule has 0 unspecified atom stereocenters. The molecule has 0 saturated carbocycles. The third kappa shape index (κ3) is 2.73. The highest BCUT2D eigenvalue weighted by Crippen LogP contribution is 2.24. The van der Waals surface area contributed by atoms with E-state index in [-0.39, 0.29) is 25.2 Å². The number of hydrogen-bond donors (Lipinski definition) is 2. The Morgan fingerprint density at radius 3 is 2.00 bits per heavy atom. The van der Waals surface area contributed by atoms with Gasteiger partial charge in [-0.2, -0.15) is 0 Å². The number of halogens is 2. The van der Waals surface area contributed by atoms with E-state index in [1.165, 1.54) is 6.07 Å². The lowest BCUT2D eigenvalue weighted by Crippen LogP contribution is -2.29. The molecule has 0 spiro atoms. The van der Waals surface area contributed by atoms with Gasteiger partial charge in [0.25, 0.3) is 0 Å². The molecule has 0 aliphatic carbocycles. The molecule has 1 aromatic carbocycles. The molecule has 1 rings (SSSR count). The Hall–Kier alpha value is -1.00. The third-order valence-corrected chi connectivity index (χ3v) is 2.43. The Bertz CT molecular complexity index is 315. The van der Waals surface area contributed by atoms with Crippen molar-refractivity contribution in [1.29, 1.82) is 0 Å². The van der Waals surface area contributed by atoms with Gasteiger partial charge in [0.1, 0.15) is 11.6 Å². The highest BCUT2D eigenvalue weighted by atomic mass is 19.1. The Kier molecular flexibility index (Phi) is 3.77. The minimum Gasteiger partial charge on any atom is -0.396 e. The summed E-state index contributed by atoms with van der Waals surface area (Å²) in [5.41, 5.74) is -0.994. The summed E-state index contributed by atoms with van der Waals surface area (Å²) in [6.07, 6.45) is -0.0293. The number of rotatable bonds is 4. The van der Waals surface area contributed by atoms with Gasteiger partial charge in [0.05, 0.1) is 13.2 Å². The highest BCUT2D eigenvalue weighted by molar-refractivity contribution is 5.21. The minimum atomic E-state index is -0.900. The summed E-state index contributed by atoms with van der Waals surface area (Å²) >= 11 is 0. The van der Waals surface area contributed by atoms with Gasteiger partial charge in [0.2, 0.25) is 0 Å². The summed E-state index contributed by atoms with van der Waals surface area (Å²) in [7, 11) is 0. The average molecular weight is 216 g/mol. The maximum Gasteiger partial charge on any atom is 0.129 e. The Balaban J connectivity index is 2.98. The summed E-state index contributed by atoms with van der Waals surface area (Å²) in [6.45, 7) is 0.924. The lowest BCUT2D eigenvalue weighted by Gasteiger charge is -2.24. The number of aliphatic hydroxyl groups excluding tert-OH is 2. The van der Waals surface area contributed by atoms with Crippen LogP contribution in [0.15, 0.2) is 18.2 Å². The lowest BCUT2D eigenvalue weighted by atomic mass is 9.85. The van der Waals surface area contributed by atoms with Crippen molar-refractivity contribution < 1.29 is 19.0 Å². The van der Waals surface area contributed by atoms with Crippen molar-refractivity contribution in [3.8, 4) is 0 Å². The van der Waals surface area contributed by atoms with Crippen LogP contribution in [0.2, 0.25) is 0 Å². The maximum atomic E-state index is 13.3. The van der Waals surface area contributed by atoms with E-state index in [1.54, 1.807) is 6.92 Å². The van der Waals surface area contributed by atoms with E-state index >= 15 is 0 Å².